The number of halogens is 1. The lowest BCUT2D eigenvalue weighted by atomic mass is 10.1. The van der Waals surface area contributed by atoms with Crippen molar-refractivity contribution in [3.05, 3.63) is 52.0 Å². The maximum atomic E-state index is 11.6. The van der Waals surface area contributed by atoms with Crippen LogP contribution in [0.4, 0.5) is 5.69 Å². The molecule has 104 valence electrons. The van der Waals surface area contributed by atoms with Crippen molar-refractivity contribution in [1.29, 1.82) is 5.26 Å². The molecular weight excluding hydrogens is 334 g/mol. The van der Waals surface area contributed by atoms with Crippen LogP contribution in [0.3, 0.4) is 0 Å². The summed E-state index contributed by atoms with van der Waals surface area (Å²) >= 11 is 3.41. The Hall–Kier alpha value is -2.36. The van der Waals surface area contributed by atoms with E-state index in [2.05, 4.69) is 27.3 Å². The molecule has 0 aliphatic carbocycles. The first-order chi connectivity index (χ1) is 10.1. The summed E-state index contributed by atoms with van der Waals surface area (Å²) in [4.78, 5) is 11.6. The molecule has 0 saturated carbocycles. The van der Waals surface area contributed by atoms with Crippen LogP contribution in [0.1, 0.15) is 17.2 Å². The van der Waals surface area contributed by atoms with E-state index in [1.165, 1.54) is 0 Å². The predicted molar refractivity (Wildman–Crippen MR) is 80.9 cm³/mol. The van der Waals surface area contributed by atoms with Crippen LogP contribution in [0, 0.1) is 11.3 Å². The Bertz CT molecular complexity index is 783. The summed E-state index contributed by atoms with van der Waals surface area (Å²) in [6.07, 6.45) is 0. The number of anilines is 1. The van der Waals surface area contributed by atoms with E-state index in [4.69, 9.17) is 15.7 Å². The van der Waals surface area contributed by atoms with Crippen LogP contribution in [0.15, 0.2) is 40.9 Å². The molecule has 1 atom stereocenters. The number of nitriles is 1. The van der Waals surface area contributed by atoms with Gasteiger partial charge in [0.05, 0.1) is 16.1 Å². The molecule has 1 unspecified atom stereocenters. The first kappa shape index (κ1) is 13.6. The number of nitrogens with zero attached hydrogens (tertiary/aromatic N) is 1. The van der Waals surface area contributed by atoms with E-state index < -0.39 is 6.04 Å². The number of fused-ring (bicyclic) bond motifs is 1. The highest BCUT2D eigenvalue weighted by Gasteiger charge is 2.28. The van der Waals surface area contributed by atoms with Gasteiger partial charge in [0.2, 0.25) is 5.91 Å². The number of nitrogens with two attached hydrogens (primary N) is 1. The normalized spacial score (nSPS) is 16.0. The van der Waals surface area contributed by atoms with E-state index in [0.717, 1.165) is 5.56 Å². The molecule has 1 aliphatic rings. The van der Waals surface area contributed by atoms with E-state index in [1.807, 2.05) is 0 Å². The van der Waals surface area contributed by atoms with Gasteiger partial charge in [0, 0.05) is 17.3 Å². The third kappa shape index (κ3) is 2.49. The van der Waals surface area contributed by atoms with Crippen molar-refractivity contribution in [3.63, 3.8) is 0 Å². The third-order valence-corrected chi connectivity index (χ3v) is 3.79. The molecule has 1 amide bonds. The minimum absolute atomic E-state index is 0.236. The first-order valence-corrected chi connectivity index (χ1v) is 6.95. The lowest BCUT2D eigenvalue weighted by molar-refractivity contribution is -0.116. The molecule has 21 heavy (non-hydrogen) atoms. The summed E-state index contributed by atoms with van der Waals surface area (Å²) in [5, 5.41) is 11.6. The zero-order chi connectivity index (χ0) is 15.0. The average Bonchev–Trinajstić information content (AvgIpc) is 2.75. The van der Waals surface area contributed by atoms with E-state index >= 15 is 0 Å². The topological polar surface area (TPSA) is 88.1 Å². The molecule has 3 rings (SSSR count). The largest absolute Gasteiger partial charge is 0.456 e. The molecule has 0 spiro atoms. The van der Waals surface area contributed by atoms with Crippen LogP contribution in [0.2, 0.25) is 0 Å². The molecule has 1 aliphatic heterocycles. The first-order valence-electron chi connectivity index (χ1n) is 6.16. The van der Waals surface area contributed by atoms with Crippen LogP contribution >= 0.6 is 15.9 Å². The maximum absolute atomic E-state index is 11.6. The minimum atomic E-state index is -0.660. The fourth-order valence-corrected chi connectivity index (χ4v) is 2.56. The van der Waals surface area contributed by atoms with Gasteiger partial charge in [-0.05, 0) is 40.2 Å². The van der Waals surface area contributed by atoms with Crippen LogP contribution in [0.5, 0.6) is 11.5 Å². The minimum Gasteiger partial charge on any atom is -0.456 e. The predicted octanol–water partition coefficient (Wildman–Crippen LogP) is 3.06. The zero-order valence-electron chi connectivity index (χ0n) is 10.8. The van der Waals surface area contributed by atoms with Crippen molar-refractivity contribution in [3.8, 4) is 17.6 Å². The van der Waals surface area contributed by atoms with Crippen molar-refractivity contribution < 1.29 is 9.53 Å². The van der Waals surface area contributed by atoms with Gasteiger partial charge < -0.3 is 15.8 Å². The highest BCUT2D eigenvalue weighted by atomic mass is 79.9. The smallest absolute Gasteiger partial charge is 0.245 e. The molecule has 5 nitrogen and oxygen atoms in total. The van der Waals surface area contributed by atoms with Crippen molar-refractivity contribution in [2.24, 2.45) is 5.73 Å². The molecule has 2 aromatic carbocycles. The Morgan fingerprint density at radius 2 is 2.14 bits per heavy atom. The number of hydrogen-bond acceptors (Lipinski definition) is 4. The molecule has 0 aromatic heterocycles. The number of carbonyl (C=O) groups is 1. The average molecular weight is 344 g/mol. The van der Waals surface area contributed by atoms with Crippen molar-refractivity contribution in [2.75, 3.05) is 5.32 Å². The van der Waals surface area contributed by atoms with Crippen molar-refractivity contribution in [2.45, 2.75) is 6.04 Å². The Morgan fingerprint density at radius 3 is 2.90 bits per heavy atom. The molecule has 3 N–H and O–H groups in total. The molecule has 0 radical (unpaired) electrons. The van der Waals surface area contributed by atoms with Crippen LogP contribution < -0.4 is 15.8 Å². The van der Waals surface area contributed by atoms with Gasteiger partial charge in [0.1, 0.15) is 17.5 Å². The number of ether oxygens (including phenoxy) is 1. The molecule has 2 aromatic rings. The number of hydrogen-bond donors (Lipinski definition) is 2. The van der Waals surface area contributed by atoms with Crippen LogP contribution in [-0.4, -0.2) is 5.91 Å². The number of benzene rings is 2. The summed E-state index contributed by atoms with van der Waals surface area (Å²) in [6.45, 7) is 0. The number of carbonyl (C=O) groups excluding carboxylic acids is 1. The van der Waals surface area contributed by atoms with Gasteiger partial charge in [-0.2, -0.15) is 5.26 Å². The second-order valence-electron chi connectivity index (χ2n) is 4.58. The standard InChI is InChI=1S/C15H10BrN3O2/c16-11-5-10-12(19-15(20)14(10)18)6-13(11)21-9-3-1-2-8(4-9)7-17/h1-6,14H,18H2,(H,19,20). The second kappa shape index (κ2) is 5.20. The molecule has 1 heterocycles. The van der Waals surface area contributed by atoms with E-state index in [0.29, 0.717) is 27.2 Å². The Kier molecular flexibility index (Phi) is 3.37. The monoisotopic (exact) mass is 343 g/mol. The number of amides is 1. The fourth-order valence-electron chi connectivity index (χ4n) is 2.12. The molecule has 0 bridgehead atoms. The van der Waals surface area contributed by atoms with Crippen LogP contribution in [-0.2, 0) is 4.79 Å². The highest BCUT2D eigenvalue weighted by molar-refractivity contribution is 9.10. The Labute approximate surface area is 129 Å². The molecule has 0 saturated heterocycles. The Morgan fingerprint density at radius 1 is 1.33 bits per heavy atom. The molecule has 0 fully saturated rings. The zero-order valence-corrected chi connectivity index (χ0v) is 12.3. The van der Waals surface area contributed by atoms with Gasteiger partial charge in [-0.3, -0.25) is 4.79 Å². The summed E-state index contributed by atoms with van der Waals surface area (Å²) in [5.74, 6) is 0.849. The van der Waals surface area contributed by atoms with Crippen molar-refractivity contribution in [1.82, 2.24) is 0 Å². The number of nitrogens with one attached hydrogen (secondary N) is 1. The summed E-state index contributed by atoms with van der Waals surface area (Å²) in [6, 6.07) is 11.7. The van der Waals surface area contributed by atoms with Gasteiger partial charge in [-0.25, -0.2) is 0 Å². The number of rotatable bonds is 2. The molecular formula is C15H10BrN3O2. The highest BCUT2D eigenvalue weighted by Crippen LogP contribution is 2.39. The van der Waals surface area contributed by atoms with E-state index in [9.17, 15) is 4.79 Å². The quantitative estimate of drug-likeness (QED) is 0.876. The van der Waals surface area contributed by atoms with Crippen LogP contribution in [0.25, 0.3) is 0 Å². The lowest BCUT2D eigenvalue weighted by Gasteiger charge is -2.10. The summed E-state index contributed by atoms with van der Waals surface area (Å²) < 4.78 is 6.45. The van der Waals surface area contributed by atoms with Crippen molar-refractivity contribution >= 4 is 27.5 Å². The maximum Gasteiger partial charge on any atom is 0.245 e. The van der Waals surface area contributed by atoms with Gasteiger partial charge in [-0.15, -0.1) is 0 Å². The summed E-state index contributed by atoms with van der Waals surface area (Å²) in [5.41, 5.74) is 7.67. The second-order valence-corrected chi connectivity index (χ2v) is 5.43. The fraction of sp³-hybridized carbons (Fsp3) is 0.0667. The SMILES string of the molecule is N#Cc1cccc(Oc2cc3c(cc2Br)C(N)C(=O)N3)c1. The van der Waals surface area contributed by atoms with E-state index in [1.54, 1.807) is 36.4 Å². The van der Waals surface area contributed by atoms with Gasteiger partial charge in [0.15, 0.2) is 0 Å². The lowest BCUT2D eigenvalue weighted by Crippen LogP contribution is -2.19. The molecule has 6 heteroatoms. The third-order valence-electron chi connectivity index (χ3n) is 3.17. The summed E-state index contributed by atoms with van der Waals surface area (Å²) in [7, 11) is 0. The Balaban J connectivity index is 1.95. The van der Waals surface area contributed by atoms with Gasteiger partial charge >= 0.3 is 0 Å². The van der Waals surface area contributed by atoms with Gasteiger partial charge in [-0.1, -0.05) is 6.07 Å². The van der Waals surface area contributed by atoms with E-state index in [-0.39, 0.29) is 5.91 Å². The van der Waals surface area contributed by atoms with Gasteiger partial charge in [0.25, 0.3) is 0 Å².